The Morgan fingerprint density at radius 1 is 1.07 bits per heavy atom. The Balaban J connectivity index is 1.25. The van der Waals surface area contributed by atoms with E-state index in [0.29, 0.717) is 36.4 Å². The Kier molecular flexibility index (Phi) is 7.96. The Morgan fingerprint density at radius 3 is 2.79 bits per heavy atom. The lowest BCUT2D eigenvalue weighted by Gasteiger charge is -2.35. The number of benzene rings is 2. The van der Waals surface area contributed by atoms with E-state index < -0.39 is 11.7 Å². The van der Waals surface area contributed by atoms with Crippen LogP contribution in [-0.4, -0.2) is 45.0 Å². The lowest BCUT2D eigenvalue weighted by atomic mass is 10.0. The number of amides is 1. The van der Waals surface area contributed by atoms with Crippen LogP contribution >= 0.6 is 0 Å². The van der Waals surface area contributed by atoms with Crippen LogP contribution in [-0.2, 0) is 6.54 Å². The maximum absolute atomic E-state index is 15.6. The van der Waals surface area contributed by atoms with Crippen molar-refractivity contribution < 1.29 is 9.18 Å². The molecule has 4 heterocycles. The number of aryl methyl sites for hydroxylation is 1. The van der Waals surface area contributed by atoms with Crippen molar-refractivity contribution in [2.45, 2.75) is 32.4 Å². The van der Waals surface area contributed by atoms with Crippen LogP contribution in [0.15, 0.2) is 85.5 Å². The number of rotatable bonds is 8. The second kappa shape index (κ2) is 12.3. The van der Waals surface area contributed by atoms with Crippen LogP contribution < -0.4 is 20.9 Å². The highest BCUT2D eigenvalue weighted by Gasteiger charge is 2.31. The van der Waals surface area contributed by atoms with E-state index >= 15 is 4.39 Å². The molecule has 9 nitrogen and oxygen atoms in total. The number of carbonyl (C=O) groups is 1. The number of aromatic nitrogens is 4. The SMILES string of the molecule is Cc1cccc2ccnc(N(C(=O)c3ccc(Nc4nccc(NCc5cccnc5)n4)cc3F)[C@@H]3CCCNC3)c12. The molecule has 0 bridgehead atoms. The molecule has 1 aliphatic rings. The minimum atomic E-state index is -0.637. The van der Waals surface area contributed by atoms with Crippen LogP contribution in [0.25, 0.3) is 10.8 Å². The van der Waals surface area contributed by atoms with Gasteiger partial charge in [-0.05, 0) is 79.2 Å². The summed E-state index contributed by atoms with van der Waals surface area (Å²) in [6.45, 7) is 4.05. The molecule has 0 aliphatic carbocycles. The van der Waals surface area contributed by atoms with Crippen molar-refractivity contribution in [2.24, 2.45) is 0 Å². The molecule has 6 rings (SSSR count). The largest absolute Gasteiger partial charge is 0.366 e. The lowest BCUT2D eigenvalue weighted by Crippen LogP contribution is -2.49. The van der Waals surface area contributed by atoms with Crippen LogP contribution in [0.2, 0.25) is 0 Å². The summed E-state index contributed by atoms with van der Waals surface area (Å²) in [6, 6.07) is 17.8. The molecule has 1 amide bonds. The van der Waals surface area contributed by atoms with Crippen molar-refractivity contribution >= 4 is 40.0 Å². The van der Waals surface area contributed by atoms with Gasteiger partial charge in [-0.2, -0.15) is 4.98 Å². The van der Waals surface area contributed by atoms with Crippen molar-refractivity contribution in [2.75, 3.05) is 28.6 Å². The molecule has 3 N–H and O–H groups in total. The van der Waals surface area contributed by atoms with Crippen LogP contribution in [0.1, 0.15) is 34.3 Å². The molecular weight excluding hydrogens is 531 g/mol. The number of pyridine rings is 2. The average molecular weight is 563 g/mol. The summed E-state index contributed by atoms with van der Waals surface area (Å²) in [5.41, 5.74) is 2.43. The van der Waals surface area contributed by atoms with E-state index in [-0.39, 0.29) is 11.6 Å². The number of hydrogen-bond donors (Lipinski definition) is 3. The van der Waals surface area contributed by atoms with Gasteiger partial charge in [0.2, 0.25) is 5.95 Å². The van der Waals surface area contributed by atoms with Gasteiger partial charge >= 0.3 is 0 Å². The molecule has 1 atom stereocenters. The fourth-order valence-corrected chi connectivity index (χ4v) is 5.30. The van der Waals surface area contributed by atoms with Gasteiger partial charge in [0.15, 0.2) is 0 Å². The number of nitrogens with zero attached hydrogens (tertiary/aromatic N) is 5. The van der Waals surface area contributed by atoms with E-state index in [4.69, 9.17) is 0 Å². The van der Waals surface area contributed by atoms with Gasteiger partial charge in [0.1, 0.15) is 17.5 Å². The smallest absolute Gasteiger partial charge is 0.262 e. The van der Waals surface area contributed by atoms with Crippen molar-refractivity contribution in [3.8, 4) is 0 Å². The summed E-state index contributed by atoms with van der Waals surface area (Å²) in [5.74, 6) is 0.401. The third-order valence-electron chi connectivity index (χ3n) is 7.37. The first-order chi connectivity index (χ1) is 20.6. The number of nitrogens with one attached hydrogen (secondary N) is 3. The predicted octanol–water partition coefficient (Wildman–Crippen LogP) is 5.62. The molecule has 212 valence electrons. The molecule has 10 heteroatoms. The van der Waals surface area contributed by atoms with Gasteiger partial charge < -0.3 is 16.0 Å². The molecule has 5 aromatic rings. The number of halogens is 1. The summed E-state index contributed by atoms with van der Waals surface area (Å²) in [7, 11) is 0. The fourth-order valence-electron chi connectivity index (χ4n) is 5.30. The normalized spacial score (nSPS) is 14.9. The van der Waals surface area contributed by atoms with Crippen LogP contribution in [0, 0.1) is 12.7 Å². The molecule has 1 fully saturated rings. The Bertz CT molecular complexity index is 1700. The highest BCUT2D eigenvalue weighted by molar-refractivity contribution is 6.11. The zero-order chi connectivity index (χ0) is 28.9. The summed E-state index contributed by atoms with van der Waals surface area (Å²) in [6.07, 6.45) is 8.54. The second-order valence-electron chi connectivity index (χ2n) is 10.3. The van der Waals surface area contributed by atoms with E-state index in [0.717, 1.165) is 41.3 Å². The minimum absolute atomic E-state index is 0.0219. The monoisotopic (exact) mass is 562 g/mol. The third kappa shape index (κ3) is 5.89. The van der Waals surface area contributed by atoms with Gasteiger partial charge in [0, 0.05) is 49.0 Å². The van der Waals surface area contributed by atoms with Crippen molar-refractivity contribution in [3.05, 3.63) is 108 Å². The van der Waals surface area contributed by atoms with E-state index in [1.165, 1.54) is 12.1 Å². The second-order valence-corrected chi connectivity index (χ2v) is 10.3. The van der Waals surface area contributed by atoms with Gasteiger partial charge in [-0.15, -0.1) is 0 Å². The van der Waals surface area contributed by atoms with Crippen LogP contribution in [0.5, 0.6) is 0 Å². The highest BCUT2D eigenvalue weighted by Crippen LogP contribution is 2.32. The Labute approximate surface area is 243 Å². The third-order valence-corrected chi connectivity index (χ3v) is 7.37. The molecule has 0 saturated carbocycles. The average Bonchev–Trinajstić information content (AvgIpc) is 3.02. The Morgan fingerprint density at radius 2 is 1.98 bits per heavy atom. The topological polar surface area (TPSA) is 108 Å². The van der Waals surface area contributed by atoms with Crippen molar-refractivity contribution in [1.82, 2.24) is 25.3 Å². The van der Waals surface area contributed by atoms with Gasteiger partial charge in [0.25, 0.3) is 5.91 Å². The van der Waals surface area contributed by atoms with E-state index in [1.54, 1.807) is 41.8 Å². The summed E-state index contributed by atoms with van der Waals surface area (Å²) < 4.78 is 15.6. The summed E-state index contributed by atoms with van der Waals surface area (Å²) >= 11 is 0. The van der Waals surface area contributed by atoms with Gasteiger partial charge in [0.05, 0.1) is 11.6 Å². The maximum Gasteiger partial charge on any atom is 0.262 e. The molecule has 1 aliphatic heterocycles. The summed E-state index contributed by atoms with van der Waals surface area (Å²) in [4.78, 5) is 33.3. The van der Waals surface area contributed by atoms with Gasteiger partial charge in [-0.1, -0.05) is 24.3 Å². The zero-order valence-electron chi connectivity index (χ0n) is 23.2. The van der Waals surface area contributed by atoms with Gasteiger partial charge in [-0.25, -0.2) is 14.4 Å². The summed E-state index contributed by atoms with van der Waals surface area (Å²) in [5, 5.41) is 11.5. The van der Waals surface area contributed by atoms with Gasteiger partial charge in [-0.3, -0.25) is 14.7 Å². The molecule has 1 saturated heterocycles. The predicted molar refractivity (Wildman–Crippen MR) is 162 cm³/mol. The lowest BCUT2D eigenvalue weighted by molar-refractivity contribution is 0.0968. The molecule has 3 aromatic heterocycles. The maximum atomic E-state index is 15.6. The number of piperidine rings is 1. The fraction of sp³-hybridized carbons (Fsp3) is 0.219. The number of fused-ring (bicyclic) bond motifs is 1. The number of anilines is 4. The van der Waals surface area contributed by atoms with E-state index in [1.807, 2.05) is 43.3 Å². The molecule has 42 heavy (non-hydrogen) atoms. The molecule has 2 aromatic carbocycles. The standard InChI is InChI=1S/C32H31FN8O/c1-21-5-2-7-23-11-15-36-30(29(21)23)41(25-8-4-14-35-20-25)31(42)26-10-9-24(17-27(26)33)39-32-37-16-12-28(40-32)38-19-22-6-3-13-34-18-22/h2-3,5-7,9-13,15-18,25,35H,4,8,14,19-20H2,1H3,(H2,37,38,39,40)/t25-/m1/s1. The van der Waals surface area contributed by atoms with E-state index in [2.05, 4.69) is 35.9 Å². The first kappa shape index (κ1) is 27.2. The van der Waals surface area contributed by atoms with Crippen LogP contribution in [0.3, 0.4) is 0 Å². The number of hydrogen-bond acceptors (Lipinski definition) is 8. The number of carbonyl (C=O) groups excluding carboxylic acids is 1. The highest BCUT2D eigenvalue weighted by atomic mass is 19.1. The van der Waals surface area contributed by atoms with Crippen molar-refractivity contribution in [1.29, 1.82) is 0 Å². The quantitative estimate of drug-likeness (QED) is 0.224. The molecule has 0 radical (unpaired) electrons. The molecule has 0 spiro atoms. The van der Waals surface area contributed by atoms with Crippen LogP contribution in [0.4, 0.5) is 27.7 Å². The zero-order valence-corrected chi connectivity index (χ0v) is 23.2. The molecular formula is C32H31FN8O. The Hall–Kier alpha value is -4.96. The first-order valence-corrected chi connectivity index (χ1v) is 14.0. The molecule has 0 unspecified atom stereocenters. The first-order valence-electron chi connectivity index (χ1n) is 14.0. The minimum Gasteiger partial charge on any atom is -0.366 e. The van der Waals surface area contributed by atoms with Crippen molar-refractivity contribution in [3.63, 3.8) is 0 Å². The van der Waals surface area contributed by atoms with E-state index in [9.17, 15) is 4.79 Å².